The van der Waals surface area contributed by atoms with Crippen molar-refractivity contribution in [1.29, 1.82) is 0 Å². The largest absolute Gasteiger partial charge is 0.502 e. The fourth-order valence-electron chi connectivity index (χ4n) is 8.23. The maximum absolute atomic E-state index is 8.62. The molecule has 0 amide bonds. The van der Waals surface area contributed by atoms with Crippen LogP contribution in [0, 0.1) is 13.4 Å². The van der Waals surface area contributed by atoms with Gasteiger partial charge in [0.2, 0.25) is 11.4 Å². The zero-order valence-corrected chi connectivity index (χ0v) is 36.9. The monoisotopic (exact) mass is 814 g/mol. The number of para-hydroxylation sites is 1. The first-order chi connectivity index (χ1) is 30.7. The van der Waals surface area contributed by atoms with Crippen LogP contribution in [0.3, 0.4) is 0 Å². The fraction of sp³-hybridized carbons (Fsp3) is 0.232. The molecule has 0 saturated heterocycles. The first-order valence-corrected chi connectivity index (χ1v) is 21.1. The topological polar surface area (TPSA) is 37.4 Å². The van der Waals surface area contributed by atoms with E-state index in [4.69, 9.17) is 20.4 Å². The molecule has 0 atom stereocenters. The number of rotatable bonds is 6. The Balaban J connectivity index is 1.21. The van der Waals surface area contributed by atoms with E-state index in [1.807, 2.05) is 45.7 Å². The number of hydrogen-bond donors (Lipinski definition) is 0. The highest BCUT2D eigenvalue weighted by Gasteiger charge is 2.39. The Morgan fingerprint density at radius 2 is 1.34 bits per heavy atom. The summed E-state index contributed by atoms with van der Waals surface area (Å²) in [5.74, 6) is 1.84. The Morgan fingerprint density at radius 1 is 0.613 bits per heavy atom. The van der Waals surface area contributed by atoms with Crippen LogP contribution >= 0.6 is 0 Å². The lowest BCUT2D eigenvalue weighted by molar-refractivity contribution is 0.483. The van der Waals surface area contributed by atoms with Crippen molar-refractivity contribution in [1.82, 2.24) is 18.7 Å². The number of benzene rings is 6. The lowest BCUT2D eigenvalue weighted by Gasteiger charge is -2.24. The molecular weight excluding hydrogens is 759 g/mol. The van der Waals surface area contributed by atoms with E-state index in [9.17, 15) is 0 Å². The predicted octanol–water partition coefficient (Wildman–Crippen LogP) is 15.2. The van der Waals surface area contributed by atoms with Crippen molar-refractivity contribution in [3.05, 3.63) is 173 Å². The van der Waals surface area contributed by atoms with Crippen LogP contribution in [-0.4, -0.2) is 15.6 Å². The molecule has 0 spiro atoms. The Bertz CT molecular complexity index is 3290. The van der Waals surface area contributed by atoms with Gasteiger partial charge in [0.15, 0.2) is 5.69 Å². The van der Waals surface area contributed by atoms with Gasteiger partial charge in [0.05, 0.1) is 23.7 Å². The highest BCUT2D eigenvalue weighted by molar-refractivity contribution is 6.10. The van der Waals surface area contributed by atoms with Gasteiger partial charge in [-0.2, -0.15) is 0 Å². The van der Waals surface area contributed by atoms with Gasteiger partial charge < -0.3 is 4.74 Å². The molecule has 9 rings (SSSR count). The van der Waals surface area contributed by atoms with E-state index < -0.39 is 6.85 Å². The molecule has 1 aliphatic heterocycles. The van der Waals surface area contributed by atoms with Gasteiger partial charge in [-0.1, -0.05) is 117 Å². The third kappa shape index (κ3) is 7.40. The Hall–Kier alpha value is -7.06. The molecule has 6 heteroatoms. The Kier molecular flexibility index (Phi) is 8.80. The van der Waals surface area contributed by atoms with Gasteiger partial charge in [0, 0.05) is 57.0 Å². The van der Waals surface area contributed by atoms with Crippen molar-refractivity contribution in [3.8, 4) is 28.4 Å². The second-order valence-electron chi connectivity index (χ2n) is 19.4. The van der Waals surface area contributed by atoms with Crippen molar-refractivity contribution >= 4 is 56.3 Å². The first-order valence-electron chi connectivity index (χ1n) is 22.6. The molecule has 1 aliphatic rings. The van der Waals surface area contributed by atoms with E-state index in [0.717, 1.165) is 55.6 Å². The van der Waals surface area contributed by atoms with Gasteiger partial charge in [0.25, 0.3) is 5.69 Å². The smallest absolute Gasteiger partial charge is 0.458 e. The summed E-state index contributed by atoms with van der Waals surface area (Å²) in [5, 5.41) is 2.15. The van der Waals surface area contributed by atoms with Crippen LogP contribution in [0.2, 0.25) is 0 Å². The van der Waals surface area contributed by atoms with Gasteiger partial charge in [-0.05, 0) is 103 Å². The van der Waals surface area contributed by atoms with Crippen molar-refractivity contribution in [2.45, 2.75) is 85.4 Å². The zero-order valence-electron chi connectivity index (χ0n) is 39.9. The minimum absolute atomic E-state index is 0.0846. The lowest BCUT2D eigenvalue weighted by atomic mass is 9.80. The zero-order chi connectivity index (χ0) is 46.2. The molecule has 0 unspecified atom stereocenters. The predicted molar refractivity (Wildman–Crippen MR) is 258 cm³/mol. The first kappa shape index (κ1) is 36.8. The molecule has 6 aromatic carbocycles. The van der Waals surface area contributed by atoms with Crippen LogP contribution in [0.5, 0.6) is 11.5 Å². The normalized spacial score (nSPS) is 13.8. The van der Waals surface area contributed by atoms with Gasteiger partial charge in [-0.25, -0.2) is 9.83 Å². The molecule has 0 aliphatic carbocycles. The van der Waals surface area contributed by atoms with Gasteiger partial charge in [-0.3, -0.25) is 4.57 Å². The number of pyridine rings is 1. The minimum atomic E-state index is -2.41. The summed E-state index contributed by atoms with van der Waals surface area (Å²) < 4.78 is 38.5. The van der Waals surface area contributed by atoms with Crippen molar-refractivity contribution < 1.29 is 8.85 Å². The standard InChI is InChI=1S/C56H53N5O/c1-36-16-15-19-50-53(36)60(43-28-40(55(5,6)7)27-41(29-43)56(8,9)10)35-59(50)44-31-42(57-11)32-46(33-44)62-45-21-22-47-48-26-38(37-17-13-12-14-18-37)20-23-49(48)61(51(47)34-45)52-30-39(24-25-58-52)54(2,3)4/h12-34H,1-10H3/q+2/i1D3. The van der Waals surface area contributed by atoms with E-state index in [1.165, 1.54) is 5.56 Å². The van der Waals surface area contributed by atoms with Gasteiger partial charge in [-0.15, -0.1) is 0 Å². The molecule has 8 aromatic rings. The van der Waals surface area contributed by atoms with Gasteiger partial charge in [0.1, 0.15) is 17.3 Å². The number of nitrogens with zero attached hydrogens (tertiary/aromatic N) is 5. The van der Waals surface area contributed by atoms with E-state index in [1.54, 1.807) is 24.3 Å². The lowest BCUT2D eigenvalue weighted by Crippen LogP contribution is -2.17. The number of hydrogen-bond acceptors (Lipinski definition) is 2. The molecular formula is C56H53N5O+2. The maximum Gasteiger partial charge on any atom is 0.502 e. The molecule has 0 saturated carbocycles. The number of fused-ring (bicyclic) bond motifs is 4. The average Bonchev–Trinajstić information content (AvgIpc) is 3.81. The third-order valence-corrected chi connectivity index (χ3v) is 11.8. The molecule has 0 bridgehead atoms. The fourth-order valence-corrected chi connectivity index (χ4v) is 8.23. The number of ether oxygens (including phenoxy) is 1. The molecule has 0 fully saturated rings. The van der Waals surface area contributed by atoms with E-state index in [2.05, 4.69) is 157 Å². The number of aryl methyl sites for hydroxylation is 1. The highest BCUT2D eigenvalue weighted by atomic mass is 16.5. The van der Waals surface area contributed by atoms with Crippen molar-refractivity contribution in [3.63, 3.8) is 0 Å². The van der Waals surface area contributed by atoms with Gasteiger partial charge >= 0.3 is 11.7 Å². The SMILES string of the molecule is [2H]C([2H])([2H])c1cccc2c1[N+](c1cc(C(C)(C)C)cc(C(C)(C)C)c1)=C=[N+]2c1cc([N+]#[C-])cc(Oc2ccc3c4cc(-c5ccccc5)ccc4n(-c4cc(C(C)(C)C)ccn4)c3c2)c1. The summed E-state index contributed by atoms with van der Waals surface area (Å²) in [7, 11) is 0. The highest BCUT2D eigenvalue weighted by Crippen LogP contribution is 2.43. The maximum atomic E-state index is 8.62. The van der Waals surface area contributed by atoms with E-state index in [0.29, 0.717) is 34.2 Å². The summed E-state index contributed by atoms with van der Waals surface area (Å²) in [4.78, 5) is 8.77. The Morgan fingerprint density at radius 3 is 2.03 bits per heavy atom. The van der Waals surface area contributed by atoms with Crippen LogP contribution in [-0.2, 0) is 16.2 Å². The van der Waals surface area contributed by atoms with E-state index >= 15 is 0 Å². The summed E-state index contributed by atoms with van der Waals surface area (Å²) >= 11 is 0. The Labute approximate surface area is 369 Å². The summed E-state index contributed by atoms with van der Waals surface area (Å²) in [6, 6.07) is 48.1. The van der Waals surface area contributed by atoms with Crippen molar-refractivity contribution in [2.75, 3.05) is 0 Å². The molecule has 2 aromatic heterocycles. The molecule has 0 radical (unpaired) electrons. The molecule has 306 valence electrons. The minimum Gasteiger partial charge on any atom is -0.458 e. The van der Waals surface area contributed by atoms with Crippen LogP contribution in [0.25, 0.3) is 43.6 Å². The number of aromatic nitrogens is 2. The quantitative estimate of drug-likeness (QED) is 0.124. The molecule has 3 heterocycles. The molecule has 6 nitrogen and oxygen atoms in total. The second kappa shape index (κ2) is 14.8. The van der Waals surface area contributed by atoms with E-state index in [-0.39, 0.29) is 21.8 Å². The van der Waals surface area contributed by atoms with Crippen molar-refractivity contribution in [2.24, 2.45) is 0 Å². The molecule has 0 N–H and O–H groups in total. The summed E-state index contributed by atoms with van der Waals surface area (Å²) in [6.07, 6.45) is 1.88. The van der Waals surface area contributed by atoms with Crippen LogP contribution < -0.4 is 13.9 Å². The van der Waals surface area contributed by atoms with Crippen LogP contribution in [0.1, 0.15) is 88.7 Å². The van der Waals surface area contributed by atoms with Crippen LogP contribution in [0.15, 0.2) is 140 Å². The summed E-state index contributed by atoms with van der Waals surface area (Å²) in [6.45, 7) is 25.5. The molecule has 62 heavy (non-hydrogen) atoms. The second-order valence-corrected chi connectivity index (χ2v) is 19.4. The van der Waals surface area contributed by atoms with Crippen LogP contribution in [0.4, 0.5) is 28.4 Å². The third-order valence-electron chi connectivity index (χ3n) is 11.8. The average molecular weight is 815 g/mol. The summed E-state index contributed by atoms with van der Waals surface area (Å²) in [5.41, 5.74) is 10.4.